The molecule has 0 bridgehead atoms. The van der Waals surface area contributed by atoms with Crippen LogP contribution in [0.1, 0.15) is 13.8 Å². The van der Waals surface area contributed by atoms with Crippen LogP contribution in [-0.2, 0) is 28.6 Å². The SMILES string of the molecule is CC(=O)OCC(OC(C)=O)C1OC(=O)C(=NNc2ccccc2)C1=NNc1ccccc1. The van der Waals surface area contributed by atoms with Crippen molar-refractivity contribution in [2.24, 2.45) is 10.2 Å². The van der Waals surface area contributed by atoms with Crippen LogP contribution in [0, 0.1) is 0 Å². The van der Waals surface area contributed by atoms with Gasteiger partial charge in [0.05, 0.1) is 11.4 Å². The van der Waals surface area contributed by atoms with E-state index in [1.807, 2.05) is 24.3 Å². The number of hydrogen-bond donors (Lipinski definition) is 2. The Hall–Kier alpha value is -4.21. The van der Waals surface area contributed by atoms with Crippen molar-refractivity contribution in [2.75, 3.05) is 17.5 Å². The minimum atomic E-state index is -1.14. The first kappa shape index (κ1) is 22.5. The van der Waals surface area contributed by atoms with E-state index in [0.29, 0.717) is 11.4 Å². The van der Waals surface area contributed by atoms with Gasteiger partial charge in [0.2, 0.25) is 0 Å². The Bertz CT molecular complexity index is 1020. The zero-order valence-electron chi connectivity index (χ0n) is 17.5. The van der Waals surface area contributed by atoms with Crippen LogP contribution in [0.15, 0.2) is 70.9 Å². The first-order valence-electron chi connectivity index (χ1n) is 9.73. The Balaban J connectivity index is 1.93. The lowest BCUT2D eigenvalue weighted by molar-refractivity contribution is -0.164. The van der Waals surface area contributed by atoms with Gasteiger partial charge in [-0.05, 0) is 24.3 Å². The van der Waals surface area contributed by atoms with Gasteiger partial charge < -0.3 is 14.2 Å². The number of nitrogens with zero attached hydrogens (tertiary/aromatic N) is 2. The smallest absolute Gasteiger partial charge is 0.361 e. The van der Waals surface area contributed by atoms with Crippen LogP contribution in [0.5, 0.6) is 0 Å². The quantitative estimate of drug-likeness (QED) is 0.365. The third kappa shape index (κ3) is 6.14. The maximum absolute atomic E-state index is 12.6. The number of nitrogens with one attached hydrogen (secondary N) is 2. The molecule has 1 aliphatic rings. The van der Waals surface area contributed by atoms with E-state index in [4.69, 9.17) is 14.2 Å². The Morgan fingerprint density at radius 1 is 0.938 bits per heavy atom. The molecule has 1 heterocycles. The van der Waals surface area contributed by atoms with Gasteiger partial charge in [0.15, 0.2) is 17.9 Å². The summed E-state index contributed by atoms with van der Waals surface area (Å²) in [5, 5.41) is 8.44. The Morgan fingerprint density at radius 2 is 1.50 bits per heavy atom. The number of benzene rings is 2. The predicted molar refractivity (Wildman–Crippen MR) is 117 cm³/mol. The number of hydrazone groups is 2. The number of rotatable bonds is 8. The summed E-state index contributed by atoms with van der Waals surface area (Å²) >= 11 is 0. The van der Waals surface area contributed by atoms with Crippen LogP contribution in [0.3, 0.4) is 0 Å². The van der Waals surface area contributed by atoms with Crippen LogP contribution in [0.25, 0.3) is 0 Å². The van der Waals surface area contributed by atoms with Gasteiger partial charge in [-0.25, -0.2) is 4.79 Å². The monoisotopic (exact) mass is 438 g/mol. The maximum Gasteiger partial charge on any atom is 0.361 e. The topological polar surface area (TPSA) is 128 Å². The molecular formula is C22H22N4O6. The van der Waals surface area contributed by atoms with Crippen LogP contribution >= 0.6 is 0 Å². The highest BCUT2D eigenvalue weighted by atomic mass is 16.6. The number of carbonyl (C=O) groups is 3. The first-order chi connectivity index (χ1) is 15.4. The van der Waals surface area contributed by atoms with Crippen LogP contribution in [-0.4, -0.2) is 48.1 Å². The fourth-order valence-electron chi connectivity index (χ4n) is 2.80. The van der Waals surface area contributed by atoms with Crippen molar-refractivity contribution in [1.82, 2.24) is 0 Å². The fraction of sp³-hybridized carbons (Fsp3) is 0.227. The second-order valence-corrected chi connectivity index (χ2v) is 6.69. The summed E-state index contributed by atoms with van der Waals surface area (Å²) < 4.78 is 15.6. The molecule has 0 saturated carbocycles. The molecule has 0 aliphatic carbocycles. The van der Waals surface area contributed by atoms with E-state index in [0.717, 1.165) is 0 Å². The number of carbonyl (C=O) groups excluding carboxylic acids is 3. The molecule has 2 aromatic rings. The van der Waals surface area contributed by atoms with Crippen molar-refractivity contribution in [1.29, 1.82) is 0 Å². The molecule has 166 valence electrons. The van der Waals surface area contributed by atoms with Crippen molar-refractivity contribution in [3.05, 3.63) is 60.7 Å². The van der Waals surface area contributed by atoms with Gasteiger partial charge in [-0.2, -0.15) is 10.2 Å². The second-order valence-electron chi connectivity index (χ2n) is 6.69. The number of para-hydroxylation sites is 2. The van der Waals surface area contributed by atoms with E-state index in [9.17, 15) is 14.4 Å². The molecule has 2 N–H and O–H groups in total. The minimum absolute atomic E-state index is 0.0840. The molecule has 3 rings (SSSR count). The van der Waals surface area contributed by atoms with E-state index in [1.165, 1.54) is 13.8 Å². The molecule has 10 heteroatoms. The minimum Gasteiger partial charge on any atom is -0.462 e. The molecule has 0 spiro atoms. The normalized spacial score (nSPS) is 18.7. The highest BCUT2D eigenvalue weighted by molar-refractivity contribution is 6.69. The number of anilines is 2. The number of hydrogen-bond acceptors (Lipinski definition) is 10. The molecular weight excluding hydrogens is 416 g/mol. The van der Waals surface area contributed by atoms with Gasteiger partial charge in [0.25, 0.3) is 0 Å². The zero-order chi connectivity index (χ0) is 22.9. The first-order valence-corrected chi connectivity index (χ1v) is 9.73. The third-order valence-electron chi connectivity index (χ3n) is 4.20. The molecule has 2 atom stereocenters. The molecule has 1 fully saturated rings. The summed E-state index contributed by atoms with van der Waals surface area (Å²) in [5.74, 6) is -1.99. The summed E-state index contributed by atoms with van der Waals surface area (Å²) in [7, 11) is 0. The molecule has 1 saturated heterocycles. The standard InChI is InChI=1S/C22H22N4O6/c1-14(27)30-13-18(31-15(2)28)21-19(25-23-16-9-5-3-6-10-16)20(22(29)32-21)26-24-17-11-7-4-8-12-17/h3-12,18,21,23-24H,13H2,1-2H3. The highest BCUT2D eigenvalue weighted by Gasteiger charge is 2.45. The lowest BCUT2D eigenvalue weighted by Gasteiger charge is -2.21. The Morgan fingerprint density at radius 3 is 2.03 bits per heavy atom. The summed E-state index contributed by atoms with van der Waals surface area (Å²) in [5.41, 5.74) is 6.89. The fourth-order valence-corrected chi connectivity index (χ4v) is 2.80. The molecule has 2 aromatic carbocycles. The van der Waals surface area contributed by atoms with Crippen LogP contribution in [0.4, 0.5) is 11.4 Å². The molecule has 1 aliphatic heterocycles. The van der Waals surface area contributed by atoms with E-state index in [-0.39, 0.29) is 18.0 Å². The van der Waals surface area contributed by atoms with E-state index in [2.05, 4.69) is 21.1 Å². The largest absolute Gasteiger partial charge is 0.462 e. The molecule has 0 aromatic heterocycles. The van der Waals surface area contributed by atoms with Gasteiger partial charge >= 0.3 is 17.9 Å². The van der Waals surface area contributed by atoms with Crippen molar-refractivity contribution in [3.63, 3.8) is 0 Å². The molecule has 0 amide bonds. The van der Waals surface area contributed by atoms with Crippen molar-refractivity contribution < 1.29 is 28.6 Å². The summed E-state index contributed by atoms with van der Waals surface area (Å²) in [4.78, 5) is 35.5. The average molecular weight is 438 g/mol. The summed E-state index contributed by atoms with van der Waals surface area (Å²) in [6.45, 7) is 2.09. The average Bonchev–Trinajstić information content (AvgIpc) is 3.10. The van der Waals surface area contributed by atoms with E-state index >= 15 is 0 Å². The van der Waals surface area contributed by atoms with Crippen LogP contribution < -0.4 is 10.9 Å². The van der Waals surface area contributed by atoms with Gasteiger partial charge in [-0.1, -0.05) is 36.4 Å². The molecule has 2 unspecified atom stereocenters. The van der Waals surface area contributed by atoms with Gasteiger partial charge in [0, 0.05) is 13.8 Å². The maximum atomic E-state index is 12.6. The van der Waals surface area contributed by atoms with E-state index in [1.54, 1.807) is 36.4 Å². The summed E-state index contributed by atoms with van der Waals surface area (Å²) in [6.07, 6.45) is -2.25. The predicted octanol–water partition coefficient (Wildman–Crippen LogP) is 2.34. The molecule has 10 nitrogen and oxygen atoms in total. The molecule has 32 heavy (non-hydrogen) atoms. The zero-order valence-corrected chi connectivity index (χ0v) is 17.5. The second kappa shape index (κ2) is 10.7. The van der Waals surface area contributed by atoms with Gasteiger partial charge in [-0.15, -0.1) is 0 Å². The van der Waals surface area contributed by atoms with Crippen molar-refractivity contribution >= 4 is 40.7 Å². The number of esters is 3. The lowest BCUT2D eigenvalue weighted by atomic mass is 10.1. The van der Waals surface area contributed by atoms with Crippen molar-refractivity contribution in [2.45, 2.75) is 26.1 Å². The lowest BCUT2D eigenvalue weighted by Crippen LogP contribution is -2.40. The van der Waals surface area contributed by atoms with Gasteiger partial charge in [-0.3, -0.25) is 20.4 Å². The molecule has 0 radical (unpaired) electrons. The van der Waals surface area contributed by atoms with Crippen molar-refractivity contribution in [3.8, 4) is 0 Å². The number of ether oxygens (including phenoxy) is 3. The number of cyclic esters (lactones) is 1. The van der Waals surface area contributed by atoms with E-state index < -0.39 is 30.1 Å². The Kier molecular flexibility index (Phi) is 7.52. The van der Waals surface area contributed by atoms with Gasteiger partial charge in [0.1, 0.15) is 12.3 Å². The van der Waals surface area contributed by atoms with Crippen LogP contribution in [0.2, 0.25) is 0 Å². The highest BCUT2D eigenvalue weighted by Crippen LogP contribution is 2.19. The Labute approximate surface area is 184 Å². The third-order valence-corrected chi connectivity index (χ3v) is 4.20. The summed E-state index contributed by atoms with van der Waals surface area (Å²) in [6, 6.07) is 18.0.